The van der Waals surface area contributed by atoms with E-state index in [1.54, 1.807) is 19.9 Å². The highest BCUT2D eigenvalue weighted by Crippen LogP contribution is 2.46. The Bertz CT molecular complexity index is 1020. The number of ether oxygens (including phenoxy) is 1. The number of carbonyl (C=O) groups is 4. The molecule has 2 bridgehead atoms. The van der Waals surface area contributed by atoms with Crippen LogP contribution in [0, 0.1) is 17.8 Å². The van der Waals surface area contributed by atoms with E-state index in [0.29, 0.717) is 11.7 Å². The molecule has 0 saturated heterocycles. The number of Topliss-reactive ketones (excluding diaryl/α,β-unsaturated/α-hetero) is 1. The third-order valence-electron chi connectivity index (χ3n) is 8.36. The molecule has 0 heterocycles. The molecule has 1 saturated carbocycles. The van der Waals surface area contributed by atoms with E-state index in [2.05, 4.69) is 12.2 Å². The number of amides is 1. The van der Waals surface area contributed by atoms with Gasteiger partial charge in [-0.05, 0) is 60.8 Å². The maximum atomic E-state index is 13.1. The van der Waals surface area contributed by atoms with E-state index in [9.17, 15) is 24.3 Å². The van der Waals surface area contributed by atoms with Crippen molar-refractivity contribution in [2.24, 2.45) is 23.5 Å². The second-order valence-corrected chi connectivity index (χ2v) is 11.5. The van der Waals surface area contributed by atoms with Gasteiger partial charge in [-0.3, -0.25) is 14.4 Å². The van der Waals surface area contributed by atoms with Gasteiger partial charge < -0.3 is 20.9 Å². The van der Waals surface area contributed by atoms with E-state index >= 15 is 0 Å². The van der Waals surface area contributed by atoms with Gasteiger partial charge in [0.15, 0.2) is 0 Å². The number of aliphatic carboxylic acids is 1. The van der Waals surface area contributed by atoms with Gasteiger partial charge in [-0.1, -0.05) is 46.1 Å². The molecule has 0 unspecified atom stereocenters. The highest BCUT2D eigenvalue weighted by molar-refractivity contribution is 5.87. The third-order valence-corrected chi connectivity index (χ3v) is 8.36. The molecular weight excluding hydrogens is 472 g/mol. The summed E-state index contributed by atoms with van der Waals surface area (Å²) >= 11 is 0. The molecule has 5 atom stereocenters. The molecule has 1 aromatic carbocycles. The molecule has 37 heavy (non-hydrogen) atoms. The average Bonchev–Trinajstić information content (AvgIpc) is 2.82. The van der Waals surface area contributed by atoms with Crippen molar-refractivity contribution in [3.63, 3.8) is 0 Å². The van der Waals surface area contributed by atoms with E-state index in [1.807, 2.05) is 12.1 Å². The fourth-order valence-electron chi connectivity index (χ4n) is 6.04. The lowest BCUT2D eigenvalue weighted by atomic mass is 9.60. The fourth-order valence-corrected chi connectivity index (χ4v) is 6.04. The minimum absolute atomic E-state index is 0.0327. The van der Waals surface area contributed by atoms with Crippen LogP contribution in [0.25, 0.3) is 0 Å². The Morgan fingerprint density at radius 3 is 2.57 bits per heavy atom. The number of ketones is 1. The highest BCUT2D eigenvalue weighted by atomic mass is 16.5. The molecule has 0 aliphatic heterocycles. The quantitative estimate of drug-likeness (QED) is 0.318. The van der Waals surface area contributed by atoms with Crippen molar-refractivity contribution >= 4 is 23.6 Å². The summed E-state index contributed by atoms with van der Waals surface area (Å²) in [5.41, 5.74) is 8.96. The van der Waals surface area contributed by atoms with Crippen molar-refractivity contribution in [1.82, 2.24) is 5.32 Å². The molecule has 204 valence electrons. The summed E-state index contributed by atoms with van der Waals surface area (Å²) in [5.74, 6) is -2.47. The Morgan fingerprint density at radius 2 is 1.92 bits per heavy atom. The Morgan fingerprint density at radius 1 is 1.19 bits per heavy atom. The minimum Gasteiger partial charge on any atom is -0.481 e. The molecule has 2 aliphatic rings. The van der Waals surface area contributed by atoms with Gasteiger partial charge in [0.25, 0.3) is 0 Å². The first kappa shape index (κ1) is 28.8. The monoisotopic (exact) mass is 514 g/mol. The van der Waals surface area contributed by atoms with Crippen LogP contribution in [-0.4, -0.2) is 40.8 Å². The van der Waals surface area contributed by atoms with Crippen LogP contribution in [0.3, 0.4) is 0 Å². The smallest absolute Gasteiger partial charge is 0.334 e. The molecular formula is C29H42N2O6. The zero-order chi connectivity index (χ0) is 27.3. The number of rotatable bonds is 10. The average molecular weight is 515 g/mol. The van der Waals surface area contributed by atoms with Gasteiger partial charge in [0, 0.05) is 31.2 Å². The molecule has 2 aliphatic carbocycles. The molecule has 0 aromatic heterocycles. The lowest BCUT2D eigenvalue weighted by Gasteiger charge is -2.47. The Hall–Kier alpha value is -2.74. The van der Waals surface area contributed by atoms with Crippen molar-refractivity contribution in [2.45, 2.75) is 103 Å². The van der Waals surface area contributed by atoms with Crippen LogP contribution >= 0.6 is 0 Å². The standard InChI is InChI=1S/C29H42N2O6/c1-17(2)23(27(34)35)15-21(33)10-12-25(31-18(3)32)28(36)37-22-11-9-19-14-20-8-6-5-7-13-29(4,26(20)30)24(19)16-22/h9,11,16-17,20,23,25-26H,5-8,10,12-15,30H2,1-4H3,(H,31,32)(H,34,35)/t20-,23-,25-,26-,29+/m0/s1. The van der Waals surface area contributed by atoms with Crippen LogP contribution < -0.4 is 15.8 Å². The summed E-state index contributed by atoms with van der Waals surface area (Å²) in [6.07, 6.45) is 6.45. The zero-order valence-electron chi connectivity index (χ0n) is 22.5. The van der Waals surface area contributed by atoms with Gasteiger partial charge >= 0.3 is 11.9 Å². The van der Waals surface area contributed by atoms with Gasteiger partial charge in [0.2, 0.25) is 5.91 Å². The molecule has 8 heteroatoms. The summed E-state index contributed by atoms with van der Waals surface area (Å²) < 4.78 is 5.71. The number of hydrogen-bond donors (Lipinski definition) is 3. The second kappa shape index (κ2) is 12.2. The predicted molar refractivity (Wildman–Crippen MR) is 140 cm³/mol. The van der Waals surface area contributed by atoms with Crippen LogP contribution in [0.15, 0.2) is 18.2 Å². The lowest BCUT2D eigenvalue weighted by molar-refractivity contribution is -0.145. The molecule has 8 nitrogen and oxygen atoms in total. The molecule has 0 spiro atoms. The first-order valence-electron chi connectivity index (χ1n) is 13.5. The first-order chi connectivity index (χ1) is 17.4. The molecule has 1 fully saturated rings. The summed E-state index contributed by atoms with van der Waals surface area (Å²) in [5, 5.41) is 11.9. The van der Waals surface area contributed by atoms with Gasteiger partial charge in [-0.25, -0.2) is 4.79 Å². The maximum absolute atomic E-state index is 13.1. The second-order valence-electron chi connectivity index (χ2n) is 11.5. The van der Waals surface area contributed by atoms with E-state index in [-0.39, 0.29) is 42.4 Å². The molecule has 4 N–H and O–H groups in total. The number of fused-ring (bicyclic) bond motifs is 4. The number of nitrogens with two attached hydrogens (primary N) is 1. The third kappa shape index (κ3) is 6.98. The van der Waals surface area contributed by atoms with E-state index in [0.717, 1.165) is 31.2 Å². The van der Waals surface area contributed by atoms with Crippen LogP contribution in [0.2, 0.25) is 0 Å². The van der Waals surface area contributed by atoms with E-state index in [4.69, 9.17) is 10.5 Å². The summed E-state index contributed by atoms with van der Waals surface area (Å²) in [4.78, 5) is 48.7. The summed E-state index contributed by atoms with van der Waals surface area (Å²) in [7, 11) is 0. The highest BCUT2D eigenvalue weighted by Gasteiger charge is 2.44. The Balaban J connectivity index is 1.72. The number of hydrogen-bond acceptors (Lipinski definition) is 6. The molecule has 3 rings (SSSR count). The summed E-state index contributed by atoms with van der Waals surface area (Å²) in [6, 6.07) is 4.76. The van der Waals surface area contributed by atoms with Crippen molar-refractivity contribution in [3.8, 4) is 5.75 Å². The number of esters is 1. The van der Waals surface area contributed by atoms with Gasteiger partial charge in [-0.15, -0.1) is 0 Å². The number of nitrogens with one attached hydrogen (secondary N) is 1. The van der Waals surface area contributed by atoms with E-state index < -0.39 is 29.8 Å². The van der Waals surface area contributed by atoms with Crippen molar-refractivity contribution in [2.75, 3.05) is 0 Å². The number of benzene rings is 1. The minimum atomic E-state index is -1.02. The zero-order valence-corrected chi connectivity index (χ0v) is 22.5. The van der Waals surface area contributed by atoms with Gasteiger partial charge in [0.1, 0.15) is 17.6 Å². The van der Waals surface area contributed by atoms with Crippen molar-refractivity contribution in [3.05, 3.63) is 29.3 Å². The Labute approximate surface area is 219 Å². The summed E-state index contributed by atoms with van der Waals surface area (Å²) in [6.45, 7) is 7.03. The fraction of sp³-hybridized carbons (Fsp3) is 0.655. The molecule has 1 aromatic rings. The van der Waals surface area contributed by atoms with E-state index in [1.165, 1.54) is 25.3 Å². The Kier molecular flexibility index (Phi) is 9.51. The van der Waals surface area contributed by atoms with Gasteiger partial charge in [0.05, 0.1) is 5.92 Å². The van der Waals surface area contributed by atoms with Crippen LogP contribution in [0.4, 0.5) is 0 Å². The topological polar surface area (TPSA) is 136 Å². The molecule has 1 amide bonds. The van der Waals surface area contributed by atoms with Crippen LogP contribution in [-0.2, 0) is 31.0 Å². The first-order valence-corrected chi connectivity index (χ1v) is 13.5. The largest absolute Gasteiger partial charge is 0.481 e. The van der Waals surface area contributed by atoms with Crippen molar-refractivity contribution < 1.29 is 29.0 Å². The lowest BCUT2D eigenvalue weighted by Crippen LogP contribution is -2.52. The number of carboxylic acid groups (broad SMARTS) is 1. The number of carbonyl (C=O) groups excluding carboxylic acids is 3. The maximum Gasteiger partial charge on any atom is 0.334 e. The number of carboxylic acids is 1. The molecule has 0 radical (unpaired) electrons. The van der Waals surface area contributed by atoms with Crippen LogP contribution in [0.5, 0.6) is 5.75 Å². The van der Waals surface area contributed by atoms with Crippen LogP contribution in [0.1, 0.15) is 90.2 Å². The SMILES string of the molecule is CC(=O)N[C@@H](CCC(=O)C[C@H](C(=O)O)C(C)C)C(=O)Oc1ccc2c(c1)[C@@]1(C)CCCCC[C@@H](C2)[C@@H]1N. The predicted octanol–water partition coefficient (Wildman–Crippen LogP) is 3.91. The normalized spacial score (nSPS) is 24.7. The van der Waals surface area contributed by atoms with Crippen molar-refractivity contribution in [1.29, 1.82) is 0 Å². The van der Waals surface area contributed by atoms with Gasteiger partial charge in [-0.2, -0.15) is 0 Å².